The first-order valence-corrected chi connectivity index (χ1v) is 8.24. The molecule has 1 saturated heterocycles. The molecule has 1 aliphatic heterocycles. The van der Waals surface area contributed by atoms with Crippen LogP contribution in [0.5, 0.6) is 5.75 Å². The molecule has 1 fully saturated rings. The number of benzene rings is 1. The number of carbonyl (C=O) groups is 3. The van der Waals surface area contributed by atoms with Crippen LogP contribution in [0.1, 0.15) is 12.8 Å². The van der Waals surface area contributed by atoms with Crippen molar-refractivity contribution in [1.29, 1.82) is 0 Å². The lowest BCUT2D eigenvalue weighted by atomic mass is 9.97. The molecule has 8 heteroatoms. The SMILES string of the molecule is CNC(=O)C(=O)NCC1CCN(C(=O)Nc2ccccc2OC)CC1. The molecule has 8 nitrogen and oxygen atoms in total. The highest BCUT2D eigenvalue weighted by molar-refractivity contribution is 6.35. The monoisotopic (exact) mass is 348 g/mol. The van der Waals surface area contributed by atoms with Gasteiger partial charge in [-0.15, -0.1) is 0 Å². The molecule has 2 rings (SSSR count). The molecule has 4 amide bonds. The fraction of sp³-hybridized carbons (Fsp3) is 0.471. The first-order valence-electron chi connectivity index (χ1n) is 8.24. The number of nitrogens with one attached hydrogen (secondary N) is 3. The molecule has 1 aliphatic rings. The fourth-order valence-electron chi connectivity index (χ4n) is 2.71. The Labute approximate surface area is 146 Å². The highest BCUT2D eigenvalue weighted by Crippen LogP contribution is 2.24. The predicted molar refractivity (Wildman–Crippen MR) is 93.4 cm³/mol. The number of hydrogen-bond donors (Lipinski definition) is 3. The third-order valence-corrected chi connectivity index (χ3v) is 4.23. The Kier molecular flexibility index (Phi) is 6.62. The number of anilines is 1. The third kappa shape index (κ3) is 5.10. The van der Waals surface area contributed by atoms with E-state index >= 15 is 0 Å². The number of amides is 4. The van der Waals surface area contributed by atoms with Crippen molar-refractivity contribution in [2.24, 2.45) is 5.92 Å². The summed E-state index contributed by atoms with van der Waals surface area (Å²) in [5.41, 5.74) is 0.634. The molecule has 0 atom stereocenters. The maximum absolute atomic E-state index is 12.4. The summed E-state index contributed by atoms with van der Waals surface area (Å²) in [6.45, 7) is 1.64. The number of rotatable bonds is 4. The van der Waals surface area contributed by atoms with Crippen molar-refractivity contribution in [3.63, 3.8) is 0 Å². The number of carbonyl (C=O) groups excluding carboxylic acids is 3. The van der Waals surface area contributed by atoms with E-state index in [0.29, 0.717) is 31.1 Å². The largest absolute Gasteiger partial charge is 0.495 e. The van der Waals surface area contributed by atoms with E-state index in [9.17, 15) is 14.4 Å². The molecular weight excluding hydrogens is 324 g/mol. The Morgan fingerprint density at radius 2 is 1.84 bits per heavy atom. The van der Waals surface area contributed by atoms with Crippen LogP contribution < -0.4 is 20.7 Å². The molecule has 136 valence electrons. The van der Waals surface area contributed by atoms with Gasteiger partial charge in [0.2, 0.25) is 0 Å². The van der Waals surface area contributed by atoms with Gasteiger partial charge >= 0.3 is 17.8 Å². The Balaban J connectivity index is 1.78. The summed E-state index contributed by atoms with van der Waals surface area (Å²) in [5.74, 6) is -0.404. The number of urea groups is 1. The van der Waals surface area contributed by atoms with E-state index in [-0.39, 0.29) is 11.9 Å². The summed E-state index contributed by atoms with van der Waals surface area (Å²) in [5, 5.41) is 7.76. The van der Waals surface area contributed by atoms with Crippen LogP contribution in [0, 0.1) is 5.92 Å². The lowest BCUT2D eigenvalue weighted by Crippen LogP contribution is -2.45. The second kappa shape index (κ2) is 8.91. The van der Waals surface area contributed by atoms with Crippen molar-refractivity contribution in [1.82, 2.24) is 15.5 Å². The number of piperidine rings is 1. The second-order valence-corrected chi connectivity index (χ2v) is 5.85. The molecule has 0 aromatic heterocycles. The van der Waals surface area contributed by atoms with Crippen LogP contribution in [0.4, 0.5) is 10.5 Å². The van der Waals surface area contributed by atoms with Crippen molar-refractivity contribution < 1.29 is 19.1 Å². The number of hydrogen-bond acceptors (Lipinski definition) is 4. The molecule has 0 spiro atoms. The molecule has 0 bridgehead atoms. The van der Waals surface area contributed by atoms with Gasteiger partial charge in [-0.05, 0) is 30.9 Å². The Morgan fingerprint density at radius 1 is 1.16 bits per heavy atom. The minimum absolute atomic E-state index is 0.169. The van der Waals surface area contributed by atoms with E-state index < -0.39 is 11.8 Å². The van der Waals surface area contributed by atoms with Gasteiger partial charge in [-0.25, -0.2) is 4.79 Å². The summed E-state index contributed by atoms with van der Waals surface area (Å²) in [4.78, 5) is 36.7. The zero-order valence-electron chi connectivity index (χ0n) is 14.5. The first-order chi connectivity index (χ1) is 12.0. The van der Waals surface area contributed by atoms with Gasteiger partial charge < -0.3 is 25.6 Å². The van der Waals surface area contributed by atoms with Gasteiger partial charge in [0, 0.05) is 26.7 Å². The molecule has 25 heavy (non-hydrogen) atoms. The minimum Gasteiger partial charge on any atom is -0.495 e. The molecule has 1 aromatic carbocycles. The first kappa shape index (κ1) is 18.6. The molecule has 0 radical (unpaired) electrons. The van der Waals surface area contributed by atoms with Crippen LogP contribution in [0.3, 0.4) is 0 Å². The summed E-state index contributed by atoms with van der Waals surface area (Å²) in [6.07, 6.45) is 1.54. The van der Waals surface area contributed by atoms with E-state index in [1.54, 1.807) is 24.1 Å². The van der Waals surface area contributed by atoms with Gasteiger partial charge in [0.05, 0.1) is 12.8 Å². The number of ether oxygens (including phenoxy) is 1. The highest BCUT2D eigenvalue weighted by Gasteiger charge is 2.24. The smallest absolute Gasteiger partial charge is 0.321 e. The zero-order valence-corrected chi connectivity index (χ0v) is 14.5. The van der Waals surface area contributed by atoms with Crippen LogP contribution >= 0.6 is 0 Å². The van der Waals surface area contributed by atoms with Gasteiger partial charge in [-0.2, -0.15) is 0 Å². The average Bonchev–Trinajstić information content (AvgIpc) is 2.66. The van der Waals surface area contributed by atoms with Crippen molar-refractivity contribution in [2.75, 3.05) is 39.1 Å². The number of methoxy groups -OCH3 is 1. The molecule has 0 aliphatic carbocycles. The molecule has 0 saturated carbocycles. The summed E-state index contributed by atoms with van der Waals surface area (Å²) in [6, 6.07) is 7.08. The predicted octanol–water partition coefficient (Wildman–Crippen LogP) is 0.801. The van der Waals surface area contributed by atoms with Crippen LogP contribution in [-0.2, 0) is 9.59 Å². The number of likely N-dealkylation sites (tertiary alicyclic amines) is 1. The quantitative estimate of drug-likeness (QED) is 0.701. The molecule has 0 unspecified atom stereocenters. The van der Waals surface area contributed by atoms with Gasteiger partial charge in [-0.1, -0.05) is 12.1 Å². The van der Waals surface area contributed by atoms with E-state index in [1.807, 2.05) is 12.1 Å². The van der Waals surface area contributed by atoms with Crippen LogP contribution in [-0.4, -0.2) is 56.5 Å². The topological polar surface area (TPSA) is 99.8 Å². The lowest BCUT2D eigenvalue weighted by molar-refractivity contribution is -0.139. The second-order valence-electron chi connectivity index (χ2n) is 5.85. The van der Waals surface area contributed by atoms with Crippen molar-refractivity contribution in [2.45, 2.75) is 12.8 Å². The third-order valence-electron chi connectivity index (χ3n) is 4.23. The molecule has 1 aromatic rings. The Bertz CT molecular complexity index is 627. The highest BCUT2D eigenvalue weighted by atomic mass is 16.5. The summed E-state index contributed by atoms with van der Waals surface area (Å²) in [7, 11) is 2.98. The van der Waals surface area contributed by atoms with Gasteiger partial charge in [-0.3, -0.25) is 9.59 Å². The van der Waals surface area contributed by atoms with Crippen molar-refractivity contribution >= 4 is 23.5 Å². The minimum atomic E-state index is -0.645. The van der Waals surface area contributed by atoms with Crippen LogP contribution in [0.2, 0.25) is 0 Å². The zero-order chi connectivity index (χ0) is 18.2. The van der Waals surface area contributed by atoms with Gasteiger partial charge in [0.15, 0.2) is 0 Å². The molecular formula is C17H24N4O4. The van der Waals surface area contributed by atoms with E-state index in [0.717, 1.165) is 12.8 Å². The molecule has 1 heterocycles. The van der Waals surface area contributed by atoms with Gasteiger partial charge in [0.1, 0.15) is 5.75 Å². The number of nitrogens with zero attached hydrogens (tertiary/aromatic N) is 1. The van der Waals surface area contributed by atoms with E-state index in [2.05, 4.69) is 16.0 Å². The van der Waals surface area contributed by atoms with Crippen LogP contribution in [0.25, 0.3) is 0 Å². The van der Waals surface area contributed by atoms with Crippen molar-refractivity contribution in [3.05, 3.63) is 24.3 Å². The van der Waals surface area contributed by atoms with Crippen LogP contribution in [0.15, 0.2) is 24.3 Å². The average molecular weight is 348 g/mol. The summed E-state index contributed by atoms with van der Waals surface area (Å²) >= 11 is 0. The molecule has 3 N–H and O–H groups in total. The Hall–Kier alpha value is -2.77. The van der Waals surface area contributed by atoms with E-state index in [1.165, 1.54) is 7.05 Å². The standard InChI is InChI=1S/C17H24N4O4/c1-18-15(22)16(23)19-11-12-7-9-21(10-8-12)17(24)20-13-5-3-4-6-14(13)25-2/h3-6,12H,7-11H2,1-2H3,(H,18,22)(H,19,23)(H,20,24). The fourth-order valence-corrected chi connectivity index (χ4v) is 2.71. The number of likely N-dealkylation sites (N-methyl/N-ethyl adjacent to an activating group) is 1. The lowest BCUT2D eigenvalue weighted by Gasteiger charge is -2.32. The van der Waals surface area contributed by atoms with Gasteiger partial charge in [0.25, 0.3) is 0 Å². The Morgan fingerprint density at radius 3 is 2.48 bits per heavy atom. The maximum Gasteiger partial charge on any atom is 0.321 e. The van der Waals surface area contributed by atoms with Crippen molar-refractivity contribution in [3.8, 4) is 5.75 Å². The summed E-state index contributed by atoms with van der Waals surface area (Å²) < 4.78 is 5.23. The van der Waals surface area contributed by atoms with E-state index in [4.69, 9.17) is 4.74 Å². The normalized spacial score (nSPS) is 14.6. The number of para-hydroxylation sites is 2. The maximum atomic E-state index is 12.4.